The van der Waals surface area contributed by atoms with Gasteiger partial charge in [0.15, 0.2) is 5.82 Å². The van der Waals surface area contributed by atoms with Gasteiger partial charge in [-0.1, -0.05) is 6.07 Å². The standard InChI is InChI=1S/C17H18N4O/c1-2-7-18-15(5-1)16-19-14-6-3-4-13(14)17(20-16)21-9-12-8-11(21)10-22-12/h1-2,5,7,11-12H,3-4,6,8-10H2. The Balaban J connectivity index is 1.63. The van der Waals surface area contributed by atoms with Gasteiger partial charge in [-0.25, -0.2) is 9.97 Å². The van der Waals surface area contributed by atoms with Gasteiger partial charge < -0.3 is 9.64 Å². The zero-order chi connectivity index (χ0) is 14.5. The summed E-state index contributed by atoms with van der Waals surface area (Å²) in [5, 5.41) is 0. The second-order valence-electron chi connectivity index (χ2n) is 6.36. The topological polar surface area (TPSA) is 51.1 Å². The molecule has 5 nitrogen and oxygen atoms in total. The summed E-state index contributed by atoms with van der Waals surface area (Å²) in [5.74, 6) is 1.90. The summed E-state index contributed by atoms with van der Waals surface area (Å²) in [6.45, 7) is 1.80. The molecule has 22 heavy (non-hydrogen) atoms. The maximum absolute atomic E-state index is 5.74. The number of pyridine rings is 1. The molecule has 4 heterocycles. The summed E-state index contributed by atoms with van der Waals surface area (Å²) in [6, 6.07) is 6.39. The van der Waals surface area contributed by atoms with Crippen molar-refractivity contribution in [2.45, 2.75) is 37.8 Å². The van der Waals surface area contributed by atoms with Crippen molar-refractivity contribution in [1.29, 1.82) is 0 Å². The Morgan fingerprint density at radius 2 is 2.18 bits per heavy atom. The summed E-state index contributed by atoms with van der Waals surface area (Å²) in [5.41, 5.74) is 3.43. The highest BCUT2D eigenvalue weighted by atomic mass is 16.5. The Morgan fingerprint density at radius 1 is 1.18 bits per heavy atom. The van der Waals surface area contributed by atoms with Crippen LogP contribution in [0.2, 0.25) is 0 Å². The van der Waals surface area contributed by atoms with Gasteiger partial charge in [-0.3, -0.25) is 4.98 Å². The molecule has 2 fully saturated rings. The third-order valence-electron chi connectivity index (χ3n) is 4.98. The number of morpholine rings is 1. The van der Waals surface area contributed by atoms with E-state index < -0.39 is 0 Å². The van der Waals surface area contributed by atoms with Gasteiger partial charge in [0.1, 0.15) is 11.5 Å². The molecule has 5 heteroatoms. The maximum atomic E-state index is 5.74. The number of aryl methyl sites for hydroxylation is 1. The lowest BCUT2D eigenvalue weighted by atomic mass is 10.2. The van der Waals surface area contributed by atoms with Crippen molar-refractivity contribution in [3.05, 3.63) is 35.7 Å². The van der Waals surface area contributed by atoms with E-state index in [0.29, 0.717) is 12.1 Å². The summed E-state index contributed by atoms with van der Waals surface area (Å²) in [4.78, 5) is 16.6. The fraction of sp³-hybridized carbons (Fsp3) is 0.471. The molecule has 2 unspecified atom stereocenters. The van der Waals surface area contributed by atoms with Gasteiger partial charge in [-0.15, -0.1) is 0 Å². The fourth-order valence-electron chi connectivity index (χ4n) is 3.92. The Labute approximate surface area is 129 Å². The summed E-state index contributed by atoms with van der Waals surface area (Å²) >= 11 is 0. The van der Waals surface area contributed by atoms with Gasteiger partial charge in [0.05, 0.1) is 18.8 Å². The minimum absolute atomic E-state index is 0.385. The highest BCUT2D eigenvalue weighted by molar-refractivity contribution is 5.60. The Hall–Kier alpha value is -2.01. The van der Waals surface area contributed by atoms with Gasteiger partial charge >= 0.3 is 0 Å². The average Bonchev–Trinajstić information content (AvgIpc) is 3.30. The van der Waals surface area contributed by atoms with Crippen LogP contribution in [0.15, 0.2) is 24.4 Å². The molecular weight excluding hydrogens is 276 g/mol. The number of hydrogen-bond acceptors (Lipinski definition) is 5. The quantitative estimate of drug-likeness (QED) is 0.848. The van der Waals surface area contributed by atoms with Gasteiger partial charge in [-0.05, 0) is 37.8 Å². The molecule has 0 radical (unpaired) electrons. The van der Waals surface area contributed by atoms with Crippen LogP contribution in [0.1, 0.15) is 24.1 Å². The Kier molecular flexibility index (Phi) is 2.70. The molecule has 2 aromatic rings. The predicted octanol–water partition coefficient (Wildman–Crippen LogP) is 2.00. The first-order chi connectivity index (χ1) is 10.9. The van der Waals surface area contributed by atoms with Crippen molar-refractivity contribution in [3.63, 3.8) is 0 Å². The Bertz CT molecular complexity index is 718. The zero-order valence-corrected chi connectivity index (χ0v) is 12.4. The van der Waals surface area contributed by atoms with Crippen LogP contribution in [0.5, 0.6) is 0 Å². The first-order valence-corrected chi connectivity index (χ1v) is 8.08. The third kappa shape index (κ3) is 1.85. The molecule has 2 aliphatic heterocycles. The van der Waals surface area contributed by atoms with Gasteiger partial charge in [0.2, 0.25) is 0 Å². The van der Waals surface area contributed by atoms with Crippen LogP contribution in [-0.2, 0) is 17.6 Å². The first kappa shape index (κ1) is 12.5. The SMILES string of the molecule is c1ccc(-c2nc3c(c(N4CC5CC4CO5)n2)CCC3)nc1. The molecule has 0 N–H and O–H groups in total. The van der Waals surface area contributed by atoms with Crippen molar-refractivity contribution in [3.8, 4) is 11.5 Å². The van der Waals surface area contributed by atoms with E-state index in [2.05, 4.69) is 9.88 Å². The predicted molar refractivity (Wildman–Crippen MR) is 82.8 cm³/mol. The monoisotopic (exact) mass is 294 g/mol. The maximum Gasteiger partial charge on any atom is 0.180 e. The second-order valence-corrected chi connectivity index (χ2v) is 6.36. The highest BCUT2D eigenvalue weighted by Gasteiger charge is 2.41. The van der Waals surface area contributed by atoms with Crippen LogP contribution < -0.4 is 4.90 Å². The van der Waals surface area contributed by atoms with Crippen molar-refractivity contribution in [2.24, 2.45) is 0 Å². The van der Waals surface area contributed by atoms with Crippen molar-refractivity contribution >= 4 is 5.82 Å². The number of fused-ring (bicyclic) bond motifs is 3. The molecule has 112 valence electrons. The number of rotatable bonds is 2. The smallest absolute Gasteiger partial charge is 0.180 e. The summed E-state index contributed by atoms with van der Waals surface area (Å²) < 4.78 is 5.74. The molecule has 0 saturated carbocycles. The lowest BCUT2D eigenvalue weighted by Crippen LogP contribution is -2.38. The van der Waals surface area contributed by atoms with Crippen LogP contribution in [0.25, 0.3) is 11.5 Å². The molecule has 5 rings (SSSR count). The number of hydrogen-bond donors (Lipinski definition) is 0. The van der Waals surface area contributed by atoms with E-state index in [1.807, 2.05) is 18.2 Å². The summed E-state index contributed by atoms with van der Waals surface area (Å²) in [6.07, 6.45) is 6.66. The molecule has 1 aliphatic carbocycles. The van der Waals surface area contributed by atoms with Gasteiger partial charge in [0, 0.05) is 24.0 Å². The van der Waals surface area contributed by atoms with Crippen molar-refractivity contribution in [2.75, 3.05) is 18.1 Å². The molecule has 0 aromatic carbocycles. The summed E-state index contributed by atoms with van der Waals surface area (Å²) in [7, 11) is 0. The highest BCUT2D eigenvalue weighted by Crippen LogP contribution is 2.37. The fourth-order valence-corrected chi connectivity index (χ4v) is 3.92. The molecule has 2 atom stereocenters. The van der Waals surface area contributed by atoms with E-state index in [4.69, 9.17) is 14.7 Å². The van der Waals surface area contributed by atoms with Gasteiger partial charge in [0.25, 0.3) is 0 Å². The van der Waals surface area contributed by atoms with Crippen LogP contribution in [0.3, 0.4) is 0 Å². The Morgan fingerprint density at radius 3 is 2.95 bits per heavy atom. The van der Waals surface area contributed by atoms with E-state index >= 15 is 0 Å². The van der Waals surface area contributed by atoms with Crippen LogP contribution in [0, 0.1) is 0 Å². The lowest BCUT2D eigenvalue weighted by Gasteiger charge is -2.29. The first-order valence-electron chi connectivity index (χ1n) is 8.08. The minimum Gasteiger partial charge on any atom is -0.374 e. The average molecular weight is 294 g/mol. The third-order valence-corrected chi connectivity index (χ3v) is 4.98. The molecule has 0 spiro atoms. The van der Waals surface area contributed by atoms with Crippen molar-refractivity contribution < 1.29 is 4.74 Å². The van der Waals surface area contributed by atoms with E-state index in [1.54, 1.807) is 6.20 Å². The number of ether oxygens (including phenoxy) is 1. The number of anilines is 1. The molecule has 2 bridgehead atoms. The number of aromatic nitrogens is 3. The van der Waals surface area contributed by atoms with E-state index in [0.717, 1.165) is 49.8 Å². The largest absolute Gasteiger partial charge is 0.374 e. The van der Waals surface area contributed by atoms with E-state index in [-0.39, 0.29) is 0 Å². The lowest BCUT2D eigenvalue weighted by molar-refractivity contribution is 0.0988. The molecule has 2 saturated heterocycles. The molecule has 3 aliphatic rings. The zero-order valence-electron chi connectivity index (χ0n) is 12.4. The van der Waals surface area contributed by atoms with Gasteiger partial charge in [-0.2, -0.15) is 0 Å². The second kappa shape index (κ2) is 4.74. The molecular formula is C17H18N4O. The van der Waals surface area contributed by atoms with Crippen LogP contribution >= 0.6 is 0 Å². The normalized spacial score (nSPS) is 25.7. The van der Waals surface area contributed by atoms with E-state index in [1.165, 1.54) is 17.7 Å². The molecule has 0 amide bonds. The molecule has 2 aromatic heterocycles. The van der Waals surface area contributed by atoms with E-state index in [9.17, 15) is 0 Å². The van der Waals surface area contributed by atoms with Crippen LogP contribution in [-0.4, -0.2) is 40.2 Å². The van der Waals surface area contributed by atoms with Crippen LogP contribution in [0.4, 0.5) is 5.82 Å². The van der Waals surface area contributed by atoms with Crippen molar-refractivity contribution in [1.82, 2.24) is 15.0 Å². The number of nitrogens with zero attached hydrogens (tertiary/aromatic N) is 4. The minimum atomic E-state index is 0.385.